The minimum Gasteiger partial charge on any atom is -0.456 e. The summed E-state index contributed by atoms with van der Waals surface area (Å²) < 4.78 is 5.47. The van der Waals surface area contributed by atoms with E-state index in [1.807, 2.05) is 50.2 Å². The number of carbonyl (C=O) groups excluding carboxylic acids is 4. The van der Waals surface area contributed by atoms with Crippen LogP contribution in [0.2, 0.25) is 0 Å². The Bertz CT molecular complexity index is 1260. The number of allylic oxidation sites excluding steroid dienone is 2. The standard InChI is InChI=1S/C30H29NO5/c1-16-8-9-19(12-17(16)2)25(32)15-36-30(35)24(13-18-6-4-3-5-7-18)31-28(33)26-20-10-11-21(23-14-22(20)23)27(26)29(31)34/h3-12,20-24,26-27H,13-15H2,1-2H3/t20-,21-,22-,23-,24-,26+,27+/m0/s1. The van der Waals surface area contributed by atoms with Crippen molar-refractivity contribution in [3.63, 3.8) is 0 Å². The number of aryl methyl sites for hydroxylation is 2. The number of hydrogen-bond acceptors (Lipinski definition) is 5. The Morgan fingerprint density at radius 3 is 2.17 bits per heavy atom. The minimum absolute atomic E-state index is 0.0752. The van der Waals surface area contributed by atoms with E-state index in [1.165, 1.54) is 4.90 Å². The molecular weight excluding hydrogens is 454 g/mol. The molecule has 1 aliphatic heterocycles. The lowest BCUT2D eigenvalue weighted by molar-refractivity contribution is -0.158. The lowest BCUT2D eigenvalue weighted by atomic mass is 9.63. The smallest absolute Gasteiger partial charge is 0.330 e. The van der Waals surface area contributed by atoms with Crippen LogP contribution < -0.4 is 0 Å². The number of imide groups is 1. The predicted molar refractivity (Wildman–Crippen MR) is 132 cm³/mol. The van der Waals surface area contributed by atoms with Gasteiger partial charge in [-0.2, -0.15) is 0 Å². The zero-order valence-corrected chi connectivity index (χ0v) is 20.4. The van der Waals surface area contributed by atoms with Gasteiger partial charge in [0.05, 0.1) is 11.8 Å². The molecule has 7 rings (SSSR count). The molecule has 2 aromatic rings. The summed E-state index contributed by atoms with van der Waals surface area (Å²) in [5, 5.41) is 0. The van der Waals surface area contributed by atoms with Gasteiger partial charge >= 0.3 is 5.97 Å². The maximum Gasteiger partial charge on any atom is 0.330 e. The highest BCUT2D eigenvalue weighted by atomic mass is 16.5. The fraction of sp³-hybridized carbons (Fsp3) is 0.400. The lowest BCUT2D eigenvalue weighted by Gasteiger charge is -2.37. The summed E-state index contributed by atoms with van der Waals surface area (Å²) >= 11 is 0. The van der Waals surface area contributed by atoms with Gasteiger partial charge in [0.1, 0.15) is 6.04 Å². The van der Waals surface area contributed by atoms with Gasteiger partial charge in [-0.3, -0.25) is 19.3 Å². The van der Waals surface area contributed by atoms with E-state index in [0.717, 1.165) is 23.1 Å². The largest absolute Gasteiger partial charge is 0.456 e. The number of ether oxygens (including phenoxy) is 1. The quantitative estimate of drug-likeness (QED) is 0.260. The molecule has 4 aliphatic carbocycles. The van der Waals surface area contributed by atoms with Crippen LogP contribution in [0.5, 0.6) is 0 Å². The topological polar surface area (TPSA) is 80.8 Å². The maximum absolute atomic E-state index is 13.7. The molecule has 0 unspecified atom stereocenters. The third-order valence-corrected chi connectivity index (χ3v) is 8.73. The Labute approximate surface area is 210 Å². The zero-order valence-electron chi connectivity index (χ0n) is 20.4. The highest BCUT2D eigenvalue weighted by Gasteiger charge is 2.68. The molecule has 7 atom stereocenters. The lowest BCUT2D eigenvalue weighted by Crippen LogP contribution is -2.48. The van der Waals surface area contributed by atoms with Crippen LogP contribution >= 0.6 is 0 Å². The van der Waals surface area contributed by atoms with Gasteiger partial charge in [0.25, 0.3) is 0 Å². The van der Waals surface area contributed by atoms with Crippen LogP contribution in [0.1, 0.15) is 33.5 Å². The number of carbonyl (C=O) groups is 4. The number of amides is 2. The van der Waals surface area contributed by atoms with Gasteiger partial charge in [-0.25, -0.2) is 4.79 Å². The van der Waals surface area contributed by atoms with Crippen molar-refractivity contribution in [1.29, 1.82) is 0 Å². The molecule has 6 nitrogen and oxygen atoms in total. The molecule has 3 fully saturated rings. The van der Waals surface area contributed by atoms with Crippen molar-refractivity contribution < 1.29 is 23.9 Å². The van der Waals surface area contributed by atoms with E-state index in [0.29, 0.717) is 17.4 Å². The van der Waals surface area contributed by atoms with Crippen molar-refractivity contribution in [2.24, 2.45) is 35.5 Å². The number of likely N-dealkylation sites (tertiary alicyclic amines) is 1. The molecule has 0 N–H and O–H groups in total. The average Bonchev–Trinajstić information content (AvgIpc) is 3.67. The average molecular weight is 484 g/mol. The van der Waals surface area contributed by atoms with E-state index in [4.69, 9.17) is 4.74 Å². The Balaban J connectivity index is 1.24. The summed E-state index contributed by atoms with van der Waals surface area (Å²) in [5.74, 6) is -1.25. The number of Topliss-reactive ketones (excluding diaryl/α,β-unsaturated/α-hetero) is 1. The van der Waals surface area contributed by atoms with Crippen LogP contribution in [0, 0.1) is 49.4 Å². The first kappa shape index (κ1) is 22.9. The van der Waals surface area contributed by atoms with Crippen molar-refractivity contribution in [2.75, 3.05) is 6.61 Å². The van der Waals surface area contributed by atoms with Gasteiger partial charge in [-0.15, -0.1) is 0 Å². The summed E-state index contributed by atoms with van der Waals surface area (Å²) in [7, 11) is 0. The van der Waals surface area contributed by atoms with Gasteiger partial charge in [0, 0.05) is 12.0 Å². The molecule has 6 heteroatoms. The highest BCUT2D eigenvalue weighted by molar-refractivity contribution is 6.09. The van der Waals surface area contributed by atoms with Gasteiger partial charge in [0.15, 0.2) is 12.4 Å². The van der Waals surface area contributed by atoms with Crippen LogP contribution in [0.3, 0.4) is 0 Å². The highest BCUT2D eigenvalue weighted by Crippen LogP contribution is 2.65. The minimum atomic E-state index is -1.10. The molecule has 1 saturated heterocycles. The van der Waals surface area contributed by atoms with Crippen molar-refractivity contribution in [3.8, 4) is 0 Å². The fourth-order valence-corrected chi connectivity index (χ4v) is 6.64. The number of esters is 1. The fourth-order valence-electron chi connectivity index (χ4n) is 6.64. The number of ketones is 1. The van der Waals surface area contributed by atoms with E-state index in [2.05, 4.69) is 12.2 Å². The van der Waals surface area contributed by atoms with Crippen LogP contribution in [0.25, 0.3) is 0 Å². The third kappa shape index (κ3) is 3.62. The molecule has 2 saturated carbocycles. The molecular formula is C30H29NO5. The normalized spacial score (nSPS) is 30.1. The first-order valence-electron chi connectivity index (χ1n) is 12.7. The van der Waals surface area contributed by atoms with Gasteiger partial charge < -0.3 is 4.74 Å². The number of nitrogens with zero attached hydrogens (tertiary/aromatic N) is 1. The summed E-state index contributed by atoms with van der Waals surface area (Å²) in [5.41, 5.74) is 3.33. The van der Waals surface area contributed by atoms with E-state index >= 15 is 0 Å². The molecule has 0 aromatic heterocycles. The molecule has 1 heterocycles. The van der Waals surface area contributed by atoms with Gasteiger partial charge in [0.2, 0.25) is 11.8 Å². The van der Waals surface area contributed by atoms with Crippen molar-refractivity contribution in [1.82, 2.24) is 4.90 Å². The van der Waals surface area contributed by atoms with Gasteiger partial charge in [-0.1, -0.05) is 54.6 Å². The van der Waals surface area contributed by atoms with Crippen LogP contribution in [-0.4, -0.2) is 41.1 Å². The Morgan fingerprint density at radius 1 is 0.917 bits per heavy atom. The second kappa shape index (κ2) is 8.54. The van der Waals surface area contributed by atoms with E-state index < -0.39 is 18.6 Å². The molecule has 184 valence electrons. The van der Waals surface area contributed by atoms with Crippen LogP contribution in [-0.2, 0) is 25.5 Å². The predicted octanol–water partition coefficient (Wildman–Crippen LogP) is 3.69. The monoisotopic (exact) mass is 483 g/mol. The maximum atomic E-state index is 13.7. The van der Waals surface area contributed by atoms with Crippen molar-refractivity contribution >= 4 is 23.6 Å². The van der Waals surface area contributed by atoms with E-state index in [9.17, 15) is 19.2 Å². The molecule has 0 radical (unpaired) electrons. The SMILES string of the molecule is Cc1ccc(C(=O)COC(=O)[C@H](Cc2ccccc2)N2C(=O)[C@@H]3[C@H]4C=C[C@@H]([C@@H]5C[C@@H]45)[C@H]3C2=O)cc1C. The summed E-state index contributed by atoms with van der Waals surface area (Å²) in [6.07, 6.45) is 5.46. The van der Waals surface area contributed by atoms with Crippen molar-refractivity contribution in [2.45, 2.75) is 32.7 Å². The second-order valence-corrected chi connectivity index (χ2v) is 10.7. The summed E-state index contributed by atoms with van der Waals surface area (Å²) in [6, 6.07) is 13.6. The third-order valence-electron chi connectivity index (χ3n) is 8.73. The van der Waals surface area contributed by atoms with E-state index in [1.54, 1.807) is 12.1 Å². The van der Waals surface area contributed by atoms with Crippen LogP contribution in [0.15, 0.2) is 60.7 Å². The number of benzene rings is 2. The molecule has 2 aromatic carbocycles. The second-order valence-electron chi connectivity index (χ2n) is 10.7. The Morgan fingerprint density at radius 2 is 1.56 bits per heavy atom. The molecule has 2 bridgehead atoms. The zero-order chi connectivity index (χ0) is 25.1. The summed E-state index contributed by atoms with van der Waals surface area (Å²) in [6.45, 7) is 3.45. The molecule has 36 heavy (non-hydrogen) atoms. The first-order valence-corrected chi connectivity index (χ1v) is 12.7. The van der Waals surface area contributed by atoms with Crippen LogP contribution in [0.4, 0.5) is 0 Å². The van der Waals surface area contributed by atoms with Gasteiger partial charge in [-0.05, 0) is 66.7 Å². The first-order chi connectivity index (χ1) is 17.3. The Kier molecular flexibility index (Phi) is 5.43. The molecule has 5 aliphatic rings. The molecule has 0 spiro atoms. The molecule has 2 amide bonds. The Hall–Kier alpha value is -3.54. The number of rotatable bonds is 7. The number of hydrogen-bond donors (Lipinski definition) is 0. The van der Waals surface area contributed by atoms with Crippen molar-refractivity contribution in [3.05, 3.63) is 82.9 Å². The van der Waals surface area contributed by atoms with E-state index in [-0.39, 0.29) is 47.7 Å². The summed E-state index contributed by atoms with van der Waals surface area (Å²) in [4.78, 5) is 54.7.